The van der Waals surface area contributed by atoms with Crippen LogP contribution in [0.15, 0.2) is 48.5 Å². The van der Waals surface area contributed by atoms with Crippen LogP contribution in [0, 0.1) is 0 Å². The summed E-state index contributed by atoms with van der Waals surface area (Å²) in [6.07, 6.45) is 0. The summed E-state index contributed by atoms with van der Waals surface area (Å²) in [7, 11) is 0. The highest BCUT2D eigenvalue weighted by Crippen LogP contribution is 2.38. The number of hydrogen-bond acceptors (Lipinski definition) is 2. The molecule has 1 aliphatic heterocycles. The molecule has 0 saturated carbocycles. The largest absolute Gasteiger partial charge is 0.421 e. The third-order valence-corrected chi connectivity index (χ3v) is 3.95. The Kier molecular flexibility index (Phi) is 3.17. The highest BCUT2D eigenvalue weighted by atomic mass is 79.9. The summed E-state index contributed by atoms with van der Waals surface area (Å²) in [6.45, 7) is 0. The van der Waals surface area contributed by atoms with E-state index in [1.165, 1.54) is 0 Å². The predicted octanol–water partition coefficient (Wildman–Crippen LogP) is 4.73. The molecule has 4 heteroatoms. The lowest BCUT2D eigenvalue weighted by atomic mass is 10.1. The second-order valence-corrected chi connectivity index (χ2v) is 5.31. The normalized spacial score (nSPS) is 16.0. The van der Waals surface area contributed by atoms with E-state index >= 15 is 0 Å². The summed E-state index contributed by atoms with van der Waals surface area (Å²) >= 11 is 9.36. The zero-order valence-electron chi connectivity index (χ0n) is 9.69. The minimum atomic E-state index is -0.323. The molecule has 94 valence electrons. The maximum Gasteiger partial charge on any atom is 0.344 e. The van der Waals surface area contributed by atoms with Crippen molar-refractivity contribution in [2.75, 3.05) is 0 Å². The molecule has 0 aliphatic carbocycles. The molecule has 0 aromatic heterocycles. The maximum absolute atomic E-state index is 11.8. The zero-order chi connectivity index (χ0) is 13.4. The summed E-state index contributed by atoms with van der Waals surface area (Å²) in [5.41, 5.74) is 2.29. The minimum Gasteiger partial charge on any atom is -0.421 e. The van der Waals surface area contributed by atoms with Gasteiger partial charge in [0.15, 0.2) is 5.76 Å². The molecule has 3 rings (SSSR count). The van der Waals surface area contributed by atoms with Crippen molar-refractivity contribution in [1.29, 1.82) is 0 Å². The van der Waals surface area contributed by atoms with Gasteiger partial charge in [-0.15, -0.1) is 0 Å². The van der Waals surface area contributed by atoms with Crippen molar-refractivity contribution >= 4 is 43.7 Å². The molecular formula is C15H8BrClO2. The molecule has 19 heavy (non-hydrogen) atoms. The van der Waals surface area contributed by atoms with E-state index < -0.39 is 0 Å². The average molecular weight is 336 g/mol. The van der Waals surface area contributed by atoms with Gasteiger partial charge < -0.3 is 4.74 Å². The Morgan fingerprint density at radius 3 is 2.32 bits per heavy atom. The van der Waals surface area contributed by atoms with Crippen LogP contribution in [0.2, 0.25) is 5.02 Å². The second kappa shape index (κ2) is 4.83. The van der Waals surface area contributed by atoms with Crippen LogP contribution < -0.4 is 0 Å². The van der Waals surface area contributed by atoms with Crippen molar-refractivity contribution in [3.05, 3.63) is 70.2 Å². The molecule has 2 aromatic rings. The summed E-state index contributed by atoms with van der Waals surface area (Å²) in [6, 6.07) is 14.6. The molecule has 0 saturated heterocycles. The van der Waals surface area contributed by atoms with Gasteiger partial charge >= 0.3 is 5.97 Å². The molecule has 2 aromatic carbocycles. The van der Waals surface area contributed by atoms with E-state index in [2.05, 4.69) is 15.9 Å². The van der Waals surface area contributed by atoms with Crippen LogP contribution in [0.4, 0.5) is 0 Å². The van der Waals surface area contributed by atoms with Gasteiger partial charge in [-0.25, -0.2) is 4.79 Å². The second-order valence-electron chi connectivity index (χ2n) is 4.09. The topological polar surface area (TPSA) is 26.3 Å². The van der Waals surface area contributed by atoms with Crippen LogP contribution >= 0.6 is 27.5 Å². The fourth-order valence-electron chi connectivity index (χ4n) is 1.95. The lowest BCUT2D eigenvalue weighted by Gasteiger charge is -2.05. The Hall–Kier alpha value is -1.58. The number of benzene rings is 2. The van der Waals surface area contributed by atoms with Crippen LogP contribution in [0.1, 0.15) is 21.5 Å². The Morgan fingerprint density at radius 1 is 1.00 bits per heavy atom. The number of cyclic esters (lactones) is 1. The van der Waals surface area contributed by atoms with E-state index in [0.29, 0.717) is 16.3 Å². The van der Waals surface area contributed by atoms with Crippen LogP contribution in [0.25, 0.3) is 10.2 Å². The lowest BCUT2D eigenvalue weighted by molar-refractivity contribution is 0.0717. The first-order chi connectivity index (χ1) is 9.16. The average Bonchev–Trinajstić information content (AvgIpc) is 2.77. The minimum absolute atomic E-state index is 0.323. The van der Waals surface area contributed by atoms with Gasteiger partial charge in [-0.1, -0.05) is 41.9 Å². The first kappa shape index (κ1) is 12.5. The summed E-state index contributed by atoms with van der Waals surface area (Å²) in [4.78, 5) is 11.8. The number of carbonyl (C=O) groups excluding carboxylic acids is 1. The SMILES string of the molecule is O=C1O/C(=C(\Br)c2ccc(Cl)cc2)c2ccccc21. The summed E-state index contributed by atoms with van der Waals surface area (Å²) in [5, 5.41) is 0.665. The molecule has 0 radical (unpaired) electrons. The Morgan fingerprint density at radius 2 is 1.63 bits per heavy atom. The molecular weight excluding hydrogens is 328 g/mol. The van der Waals surface area contributed by atoms with Gasteiger partial charge in [0, 0.05) is 10.6 Å². The van der Waals surface area contributed by atoms with Crippen molar-refractivity contribution < 1.29 is 9.53 Å². The molecule has 0 unspecified atom stereocenters. The Labute approximate surface area is 123 Å². The standard InChI is InChI=1S/C15H8BrClO2/c16-13(9-5-7-10(17)8-6-9)14-11-3-1-2-4-12(11)15(18)19-14/h1-8H/b14-13-. The van der Waals surface area contributed by atoms with E-state index in [1.807, 2.05) is 30.3 Å². The van der Waals surface area contributed by atoms with Crippen molar-refractivity contribution in [3.8, 4) is 0 Å². The van der Waals surface area contributed by atoms with Gasteiger partial charge in [0.1, 0.15) is 0 Å². The van der Waals surface area contributed by atoms with Gasteiger partial charge in [-0.05, 0) is 39.7 Å². The van der Waals surface area contributed by atoms with E-state index in [9.17, 15) is 4.79 Å². The molecule has 0 fully saturated rings. The Balaban J connectivity index is 2.14. The van der Waals surface area contributed by atoms with E-state index in [-0.39, 0.29) is 5.97 Å². The van der Waals surface area contributed by atoms with Crippen LogP contribution in [0.5, 0.6) is 0 Å². The number of rotatable bonds is 1. The fourth-order valence-corrected chi connectivity index (χ4v) is 2.64. The molecule has 0 atom stereocenters. The number of fused-ring (bicyclic) bond motifs is 1. The zero-order valence-corrected chi connectivity index (χ0v) is 12.0. The number of carbonyl (C=O) groups is 1. The van der Waals surface area contributed by atoms with E-state index in [1.54, 1.807) is 18.2 Å². The van der Waals surface area contributed by atoms with Crippen molar-refractivity contribution in [1.82, 2.24) is 0 Å². The van der Waals surface area contributed by atoms with Gasteiger partial charge in [-0.2, -0.15) is 0 Å². The van der Waals surface area contributed by atoms with Crippen molar-refractivity contribution in [2.24, 2.45) is 0 Å². The highest BCUT2D eigenvalue weighted by molar-refractivity contribution is 9.15. The van der Waals surface area contributed by atoms with Crippen LogP contribution in [0.3, 0.4) is 0 Å². The first-order valence-electron chi connectivity index (χ1n) is 5.64. The summed E-state index contributed by atoms with van der Waals surface area (Å²) in [5.74, 6) is 0.222. The van der Waals surface area contributed by atoms with E-state index in [0.717, 1.165) is 15.6 Å². The van der Waals surface area contributed by atoms with Crippen LogP contribution in [-0.4, -0.2) is 5.97 Å². The van der Waals surface area contributed by atoms with E-state index in [4.69, 9.17) is 16.3 Å². The quantitative estimate of drug-likeness (QED) is 0.704. The Bertz CT molecular complexity index is 690. The fraction of sp³-hybridized carbons (Fsp3) is 0. The first-order valence-corrected chi connectivity index (χ1v) is 6.81. The van der Waals surface area contributed by atoms with Gasteiger partial charge in [-0.3, -0.25) is 0 Å². The highest BCUT2D eigenvalue weighted by Gasteiger charge is 2.28. The summed E-state index contributed by atoms with van der Waals surface area (Å²) < 4.78 is 6.08. The number of halogens is 2. The smallest absolute Gasteiger partial charge is 0.344 e. The molecule has 0 spiro atoms. The third kappa shape index (κ3) is 2.20. The number of hydrogen-bond donors (Lipinski definition) is 0. The van der Waals surface area contributed by atoms with Crippen LogP contribution in [-0.2, 0) is 4.74 Å². The number of ether oxygens (including phenoxy) is 1. The molecule has 2 nitrogen and oxygen atoms in total. The van der Waals surface area contributed by atoms with Gasteiger partial charge in [0.05, 0.1) is 10.0 Å². The molecule has 1 heterocycles. The molecule has 1 aliphatic rings. The number of esters is 1. The van der Waals surface area contributed by atoms with Crippen molar-refractivity contribution in [3.63, 3.8) is 0 Å². The lowest BCUT2D eigenvalue weighted by Crippen LogP contribution is -1.92. The maximum atomic E-state index is 11.8. The molecule has 0 N–H and O–H groups in total. The molecule has 0 amide bonds. The third-order valence-electron chi connectivity index (χ3n) is 2.88. The van der Waals surface area contributed by atoms with Gasteiger partial charge in [0.2, 0.25) is 0 Å². The molecule has 0 bridgehead atoms. The monoisotopic (exact) mass is 334 g/mol. The van der Waals surface area contributed by atoms with Gasteiger partial charge in [0.25, 0.3) is 0 Å². The van der Waals surface area contributed by atoms with Crippen molar-refractivity contribution in [2.45, 2.75) is 0 Å². The predicted molar refractivity (Wildman–Crippen MR) is 79.1 cm³/mol.